The summed E-state index contributed by atoms with van der Waals surface area (Å²) in [5.41, 5.74) is 2.05. The largest absolute Gasteiger partial charge is 0.480 e. The van der Waals surface area contributed by atoms with Crippen molar-refractivity contribution >= 4 is 11.8 Å². The minimum Gasteiger partial charge on any atom is -0.480 e. The number of aryl methyl sites for hydroxylation is 1. The van der Waals surface area contributed by atoms with Crippen LogP contribution in [0.15, 0.2) is 0 Å². The van der Waals surface area contributed by atoms with Crippen molar-refractivity contribution in [2.45, 2.75) is 19.9 Å². The fraction of sp³-hybridized carbons (Fsp3) is 0.545. The van der Waals surface area contributed by atoms with E-state index in [4.69, 9.17) is 5.11 Å². The fourth-order valence-corrected chi connectivity index (χ4v) is 1.98. The molecule has 17 heavy (non-hydrogen) atoms. The monoisotopic (exact) mass is 236 g/mol. The number of rotatable bonds is 3. The van der Waals surface area contributed by atoms with E-state index >= 15 is 0 Å². The lowest BCUT2D eigenvalue weighted by molar-refractivity contribution is -0.134. The Morgan fingerprint density at radius 2 is 2.29 bits per heavy atom. The van der Waals surface area contributed by atoms with Gasteiger partial charge in [-0.15, -0.1) is 0 Å². The maximum Gasteiger partial charge on any atom is 0.322 e. The first-order valence-corrected chi connectivity index (χ1v) is 5.57. The minimum atomic E-state index is -0.890. The molecule has 0 aromatic carbocycles. The van der Waals surface area contributed by atoms with E-state index in [1.165, 1.54) is 0 Å². The Balaban J connectivity index is 2.30. The molecule has 0 saturated carbocycles. The zero-order chi connectivity index (χ0) is 12.4. The van der Waals surface area contributed by atoms with Crippen LogP contribution in [0, 0.1) is 6.92 Å². The molecule has 2 N–H and O–H groups in total. The number of aromatic nitrogens is 2. The predicted molar refractivity (Wildman–Crippen MR) is 62.9 cm³/mol. The molecule has 0 spiro atoms. The summed E-state index contributed by atoms with van der Waals surface area (Å²) in [5.74, 6) is 0.446. The van der Waals surface area contributed by atoms with Crippen molar-refractivity contribution < 1.29 is 9.90 Å². The number of hydrogen-bond donors (Lipinski definition) is 2. The zero-order valence-electron chi connectivity index (χ0n) is 10.0. The highest BCUT2D eigenvalue weighted by molar-refractivity contribution is 5.72. The number of nitrogens with one attached hydrogen (secondary N) is 1. The van der Waals surface area contributed by atoms with Gasteiger partial charge in [0, 0.05) is 25.1 Å². The van der Waals surface area contributed by atoms with E-state index in [0.717, 1.165) is 30.8 Å². The number of carboxylic acid groups (broad SMARTS) is 1. The van der Waals surface area contributed by atoms with Crippen LogP contribution < -0.4 is 5.32 Å². The standard InChI is InChI=1S/C11H16N4O2/c1-7-13-9-3-4-15(2)6-8(9)11(14-7)12-5-10(16)17/h3-6H2,1-2H3,(H,16,17)(H,12,13,14). The van der Waals surface area contributed by atoms with Crippen LogP contribution in [0.2, 0.25) is 0 Å². The molecule has 0 unspecified atom stereocenters. The predicted octanol–water partition coefficient (Wildman–Crippen LogP) is 0.269. The van der Waals surface area contributed by atoms with Crippen molar-refractivity contribution in [2.24, 2.45) is 0 Å². The van der Waals surface area contributed by atoms with E-state index in [1.807, 2.05) is 14.0 Å². The Hall–Kier alpha value is -1.69. The molecule has 0 amide bonds. The summed E-state index contributed by atoms with van der Waals surface area (Å²) in [6, 6.07) is 0. The van der Waals surface area contributed by atoms with Gasteiger partial charge in [-0.2, -0.15) is 0 Å². The third-order valence-electron chi connectivity index (χ3n) is 2.77. The molecular formula is C11H16N4O2. The second-order valence-corrected chi connectivity index (χ2v) is 4.28. The summed E-state index contributed by atoms with van der Waals surface area (Å²) < 4.78 is 0. The van der Waals surface area contributed by atoms with Gasteiger partial charge in [0.15, 0.2) is 0 Å². The van der Waals surface area contributed by atoms with E-state index in [-0.39, 0.29) is 6.54 Å². The second kappa shape index (κ2) is 4.67. The van der Waals surface area contributed by atoms with Gasteiger partial charge in [-0.05, 0) is 14.0 Å². The van der Waals surface area contributed by atoms with E-state index in [1.54, 1.807) is 0 Å². The van der Waals surface area contributed by atoms with Gasteiger partial charge in [0.2, 0.25) is 0 Å². The van der Waals surface area contributed by atoms with E-state index in [2.05, 4.69) is 20.2 Å². The highest BCUT2D eigenvalue weighted by Gasteiger charge is 2.19. The van der Waals surface area contributed by atoms with Gasteiger partial charge in [0.1, 0.15) is 18.2 Å². The summed E-state index contributed by atoms with van der Waals surface area (Å²) in [6.45, 7) is 3.44. The maximum absolute atomic E-state index is 10.6. The van der Waals surface area contributed by atoms with Crippen LogP contribution in [0.3, 0.4) is 0 Å². The van der Waals surface area contributed by atoms with Gasteiger partial charge >= 0.3 is 5.97 Å². The molecule has 0 saturated heterocycles. The van der Waals surface area contributed by atoms with Crippen LogP contribution in [0.4, 0.5) is 5.82 Å². The molecule has 1 aliphatic rings. The number of carbonyl (C=O) groups is 1. The van der Waals surface area contributed by atoms with Crippen molar-refractivity contribution in [3.05, 3.63) is 17.1 Å². The molecule has 0 fully saturated rings. The number of hydrogen-bond acceptors (Lipinski definition) is 5. The SMILES string of the molecule is Cc1nc2c(c(NCC(=O)O)n1)CN(C)CC2. The van der Waals surface area contributed by atoms with E-state index in [9.17, 15) is 4.79 Å². The molecule has 1 aromatic rings. The number of fused-ring (bicyclic) bond motifs is 1. The quantitative estimate of drug-likeness (QED) is 0.784. The lowest BCUT2D eigenvalue weighted by Crippen LogP contribution is -2.29. The molecule has 0 atom stereocenters. The van der Waals surface area contributed by atoms with Crippen LogP contribution in [-0.2, 0) is 17.8 Å². The van der Waals surface area contributed by atoms with Crippen molar-refractivity contribution in [1.82, 2.24) is 14.9 Å². The molecule has 0 aliphatic carbocycles. The van der Waals surface area contributed by atoms with Crippen LogP contribution in [0.25, 0.3) is 0 Å². The first kappa shape index (κ1) is 11.8. The number of aliphatic carboxylic acids is 1. The molecule has 2 rings (SSSR count). The Kier molecular flexibility index (Phi) is 3.23. The number of nitrogens with zero attached hydrogens (tertiary/aromatic N) is 3. The molecule has 1 aromatic heterocycles. The number of likely N-dealkylation sites (N-methyl/N-ethyl adjacent to an activating group) is 1. The molecule has 6 heteroatoms. The highest BCUT2D eigenvalue weighted by Crippen LogP contribution is 2.22. The Morgan fingerprint density at radius 3 is 3.00 bits per heavy atom. The van der Waals surface area contributed by atoms with E-state index in [0.29, 0.717) is 11.6 Å². The number of carboxylic acids is 1. The van der Waals surface area contributed by atoms with Gasteiger partial charge in [0.25, 0.3) is 0 Å². The first-order chi connectivity index (χ1) is 8.06. The summed E-state index contributed by atoms with van der Waals surface area (Å²) >= 11 is 0. The third-order valence-corrected chi connectivity index (χ3v) is 2.77. The molecule has 0 radical (unpaired) electrons. The summed E-state index contributed by atoms with van der Waals surface area (Å²) in [4.78, 5) is 21.4. The second-order valence-electron chi connectivity index (χ2n) is 4.28. The van der Waals surface area contributed by atoms with E-state index < -0.39 is 5.97 Å². The molecular weight excluding hydrogens is 220 g/mol. The van der Waals surface area contributed by atoms with Gasteiger partial charge in [0.05, 0.1) is 5.69 Å². The topological polar surface area (TPSA) is 78.3 Å². The average molecular weight is 236 g/mol. The van der Waals surface area contributed by atoms with Crippen LogP contribution in [0.5, 0.6) is 0 Å². The molecule has 92 valence electrons. The summed E-state index contributed by atoms with van der Waals surface area (Å²) in [5, 5.41) is 11.5. The normalized spacial score (nSPS) is 15.4. The lowest BCUT2D eigenvalue weighted by atomic mass is 10.1. The van der Waals surface area contributed by atoms with Crippen molar-refractivity contribution in [2.75, 3.05) is 25.5 Å². The van der Waals surface area contributed by atoms with Gasteiger partial charge in [-0.25, -0.2) is 9.97 Å². The first-order valence-electron chi connectivity index (χ1n) is 5.57. The van der Waals surface area contributed by atoms with Crippen molar-refractivity contribution in [3.63, 3.8) is 0 Å². The maximum atomic E-state index is 10.6. The molecule has 0 bridgehead atoms. The van der Waals surface area contributed by atoms with Gasteiger partial charge in [-0.1, -0.05) is 0 Å². The summed E-state index contributed by atoms with van der Waals surface area (Å²) in [6.07, 6.45) is 0.886. The summed E-state index contributed by atoms with van der Waals surface area (Å²) in [7, 11) is 2.03. The Bertz CT molecular complexity index is 447. The Labute approximate surface area is 99.7 Å². The smallest absolute Gasteiger partial charge is 0.322 e. The van der Waals surface area contributed by atoms with Crippen LogP contribution in [-0.4, -0.2) is 46.1 Å². The molecule has 1 aliphatic heterocycles. The minimum absolute atomic E-state index is 0.118. The zero-order valence-corrected chi connectivity index (χ0v) is 10.0. The van der Waals surface area contributed by atoms with Crippen LogP contribution in [0.1, 0.15) is 17.1 Å². The van der Waals surface area contributed by atoms with Gasteiger partial charge in [-0.3, -0.25) is 4.79 Å². The average Bonchev–Trinajstić information content (AvgIpc) is 2.26. The molecule has 2 heterocycles. The third kappa shape index (κ3) is 2.71. The van der Waals surface area contributed by atoms with Crippen molar-refractivity contribution in [1.29, 1.82) is 0 Å². The molecule has 6 nitrogen and oxygen atoms in total. The van der Waals surface area contributed by atoms with Crippen molar-refractivity contribution in [3.8, 4) is 0 Å². The van der Waals surface area contributed by atoms with Crippen LogP contribution >= 0.6 is 0 Å². The Morgan fingerprint density at radius 1 is 1.53 bits per heavy atom. The fourth-order valence-electron chi connectivity index (χ4n) is 1.98. The van der Waals surface area contributed by atoms with Gasteiger partial charge < -0.3 is 15.3 Å². The lowest BCUT2D eigenvalue weighted by Gasteiger charge is -2.26. The highest BCUT2D eigenvalue weighted by atomic mass is 16.4. The number of anilines is 1.